The molecule has 29 heavy (non-hydrogen) atoms. The monoisotopic (exact) mass is 442 g/mol. The maximum Gasteiger partial charge on any atom is 0.406 e. The number of aromatic nitrogens is 4. The second-order valence-electron chi connectivity index (χ2n) is 6.57. The molecule has 154 valence electrons. The highest BCUT2D eigenvalue weighted by atomic mass is 35.5. The third kappa shape index (κ3) is 4.84. The molecular weight excluding hydrogens is 425 g/mol. The fourth-order valence-corrected chi connectivity index (χ4v) is 3.93. The molecule has 0 radical (unpaired) electrons. The molecular formula is C19H18ClF3N4OS. The summed E-state index contributed by atoms with van der Waals surface area (Å²) in [7, 11) is 1.78. The molecule has 1 aromatic carbocycles. The lowest BCUT2D eigenvalue weighted by Crippen LogP contribution is -2.19. The van der Waals surface area contributed by atoms with Crippen LogP contribution in [0.25, 0.3) is 11.4 Å². The van der Waals surface area contributed by atoms with Gasteiger partial charge in [-0.15, -0.1) is 10.2 Å². The Kier molecular flexibility index (Phi) is 6.09. The van der Waals surface area contributed by atoms with Crippen molar-refractivity contribution in [2.75, 3.05) is 5.75 Å². The Morgan fingerprint density at radius 2 is 1.83 bits per heavy atom. The van der Waals surface area contributed by atoms with Crippen molar-refractivity contribution in [3.05, 3.63) is 52.3 Å². The third-order valence-electron chi connectivity index (χ3n) is 4.48. The highest BCUT2D eigenvalue weighted by molar-refractivity contribution is 7.99. The van der Waals surface area contributed by atoms with Crippen LogP contribution in [0, 0.1) is 13.8 Å². The van der Waals surface area contributed by atoms with Crippen molar-refractivity contribution < 1.29 is 18.0 Å². The molecule has 2 aromatic heterocycles. The van der Waals surface area contributed by atoms with Gasteiger partial charge in [0.05, 0.1) is 5.75 Å². The summed E-state index contributed by atoms with van der Waals surface area (Å²) in [6, 6.07) is 8.64. The molecule has 0 aliphatic heterocycles. The van der Waals surface area contributed by atoms with Crippen LogP contribution in [0.3, 0.4) is 0 Å². The summed E-state index contributed by atoms with van der Waals surface area (Å²) in [6.45, 7) is 1.97. The number of thioether (sulfide) groups is 1. The fourth-order valence-electron chi connectivity index (χ4n) is 3.00. The minimum Gasteiger partial charge on any atom is -0.339 e. The Morgan fingerprint density at radius 3 is 2.45 bits per heavy atom. The van der Waals surface area contributed by atoms with Gasteiger partial charge < -0.3 is 9.13 Å². The maximum atomic E-state index is 12.8. The number of carbonyl (C=O) groups excluding carboxylic acids is 1. The number of rotatable bonds is 6. The van der Waals surface area contributed by atoms with Crippen molar-refractivity contribution >= 4 is 29.1 Å². The Balaban J connectivity index is 1.73. The normalized spacial score (nSPS) is 11.8. The first-order valence-electron chi connectivity index (χ1n) is 8.61. The molecule has 0 bridgehead atoms. The quantitative estimate of drug-likeness (QED) is 0.394. The van der Waals surface area contributed by atoms with Crippen molar-refractivity contribution in [1.82, 2.24) is 19.3 Å². The Hall–Kier alpha value is -2.26. The van der Waals surface area contributed by atoms with Gasteiger partial charge in [-0.05, 0) is 44.2 Å². The van der Waals surface area contributed by atoms with E-state index >= 15 is 0 Å². The van der Waals surface area contributed by atoms with E-state index in [4.69, 9.17) is 11.6 Å². The summed E-state index contributed by atoms with van der Waals surface area (Å²) < 4.78 is 41.1. The van der Waals surface area contributed by atoms with Crippen LogP contribution in [-0.4, -0.2) is 37.0 Å². The third-order valence-corrected chi connectivity index (χ3v) is 5.75. The van der Waals surface area contributed by atoms with E-state index in [0.29, 0.717) is 33.0 Å². The van der Waals surface area contributed by atoms with E-state index in [-0.39, 0.29) is 11.5 Å². The predicted molar refractivity (Wildman–Crippen MR) is 106 cm³/mol. The van der Waals surface area contributed by atoms with Gasteiger partial charge in [0.25, 0.3) is 0 Å². The van der Waals surface area contributed by atoms with Gasteiger partial charge in [0.15, 0.2) is 16.8 Å². The summed E-state index contributed by atoms with van der Waals surface area (Å²) in [4.78, 5) is 12.6. The molecule has 0 spiro atoms. The minimum absolute atomic E-state index is 0.0445. The van der Waals surface area contributed by atoms with Crippen molar-refractivity contribution in [3.63, 3.8) is 0 Å². The van der Waals surface area contributed by atoms with Crippen molar-refractivity contribution in [3.8, 4) is 11.4 Å². The van der Waals surface area contributed by atoms with Gasteiger partial charge in [-0.25, -0.2) is 0 Å². The zero-order valence-electron chi connectivity index (χ0n) is 15.9. The van der Waals surface area contributed by atoms with Crippen molar-refractivity contribution in [2.45, 2.75) is 31.7 Å². The summed E-state index contributed by atoms with van der Waals surface area (Å²) in [5, 5.41) is 9.41. The molecule has 0 saturated carbocycles. The number of alkyl halides is 3. The van der Waals surface area contributed by atoms with E-state index in [1.54, 1.807) is 30.7 Å². The topological polar surface area (TPSA) is 52.7 Å². The van der Waals surface area contributed by atoms with Crippen LogP contribution >= 0.6 is 23.4 Å². The zero-order chi connectivity index (χ0) is 21.3. The molecule has 0 aliphatic carbocycles. The lowest BCUT2D eigenvalue weighted by atomic mass is 10.2. The molecule has 0 N–H and O–H groups in total. The number of nitrogens with zero attached hydrogens (tertiary/aromatic N) is 4. The second-order valence-corrected chi connectivity index (χ2v) is 7.95. The Morgan fingerprint density at radius 1 is 1.17 bits per heavy atom. The van der Waals surface area contributed by atoms with Gasteiger partial charge in [-0.3, -0.25) is 4.79 Å². The van der Waals surface area contributed by atoms with Crippen LogP contribution in [0.2, 0.25) is 5.02 Å². The first-order chi connectivity index (χ1) is 13.6. The summed E-state index contributed by atoms with van der Waals surface area (Å²) in [5.74, 6) is 0.413. The smallest absolute Gasteiger partial charge is 0.339 e. The van der Waals surface area contributed by atoms with Crippen LogP contribution in [-0.2, 0) is 13.6 Å². The fraction of sp³-hybridized carbons (Fsp3) is 0.316. The molecule has 0 unspecified atom stereocenters. The van der Waals surface area contributed by atoms with E-state index < -0.39 is 12.7 Å². The van der Waals surface area contributed by atoms with Crippen LogP contribution in [0.4, 0.5) is 13.2 Å². The second kappa shape index (κ2) is 8.23. The molecule has 5 nitrogen and oxygen atoms in total. The van der Waals surface area contributed by atoms with E-state index in [1.165, 1.54) is 24.8 Å². The van der Waals surface area contributed by atoms with Crippen molar-refractivity contribution in [2.24, 2.45) is 7.05 Å². The van der Waals surface area contributed by atoms with Gasteiger partial charge in [0.1, 0.15) is 6.54 Å². The number of hydrogen-bond donors (Lipinski definition) is 0. The highest BCUT2D eigenvalue weighted by Crippen LogP contribution is 2.27. The Bertz CT molecular complexity index is 1040. The molecule has 0 amide bonds. The highest BCUT2D eigenvalue weighted by Gasteiger charge is 2.30. The average molecular weight is 443 g/mol. The van der Waals surface area contributed by atoms with E-state index in [9.17, 15) is 18.0 Å². The lowest BCUT2D eigenvalue weighted by molar-refractivity contribution is -0.141. The first-order valence-corrected chi connectivity index (χ1v) is 9.98. The van der Waals surface area contributed by atoms with E-state index in [0.717, 1.165) is 10.1 Å². The SMILES string of the molecule is Cc1cc(C(=O)CSc2nnc(-c3ccc(Cl)cc3)n2C)c(C)n1CC(F)(F)F. The van der Waals surface area contributed by atoms with E-state index in [1.807, 2.05) is 12.1 Å². The molecule has 3 aromatic rings. The molecule has 2 heterocycles. The van der Waals surface area contributed by atoms with Crippen molar-refractivity contribution in [1.29, 1.82) is 0 Å². The molecule has 3 rings (SSSR count). The van der Waals surface area contributed by atoms with Gasteiger partial charge in [0.2, 0.25) is 0 Å². The van der Waals surface area contributed by atoms with Crippen LogP contribution in [0.15, 0.2) is 35.5 Å². The molecule has 0 fully saturated rings. The van der Waals surface area contributed by atoms with Crippen LogP contribution < -0.4 is 0 Å². The predicted octanol–water partition coefficient (Wildman–Crippen LogP) is 5.09. The number of ketones is 1. The summed E-state index contributed by atoms with van der Waals surface area (Å²) in [5.41, 5.74) is 1.83. The number of benzene rings is 1. The van der Waals surface area contributed by atoms with Crippen LogP contribution in [0.1, 0.15) is 21.7 Å². The number of hydrogen-bond acceptors (Lipinski definition) is 4. The van der Waals surface area contributed by atoms with E-state index in [2.05, 4.69) is 10.2 Å². The average Bonchev–Trinajstić information content (AvgIpc) is 3.14. The molecule has 10 heteroatoms. The molecule has 0 atom stereocenters. The standard InChI is InChI=1S/C19H18ClF3N4OS/c1-11-8-15(12(2)27(11)10-19(21,22)23)16(28)9-29-18-25-24-17(26(18)3)13-4-6-14(20)7-5-13/h4-8H,9-10H2,1-3H3. The number of halogens is 4. The number of carbonyl (C=O) groups is 1. The van der Waals surface area contributed by atoms with Gasteiger partial charge >= 0.3 is 6.18 Å². The molecule has 0 saturated heterocycles. The zero-order valence-corrected chi connectivity index (χ0v) is 17.5. The summed E-state index contributed by atoms with van der Waals surface area (Å²) in [6.07, 6.45) is -4.35. The largest absolute Gasteiger partial charge is 0.406 e. The molecule has 0 aliphatic rings. The van der Waals surface area contributed by atoms with Gasteiger partial charge in [-0.1, -0.05) is 23.4 Å². The number of Topliss-reactive ketones (excluding diaryl/α,β-unsaturated/α-hetero) is 1. The first kappa shape index (κ1) is 21.4. The maximum absolute atomic E-state index is 12.8. The van der Waals surface area contributed by atoms with Gasteiger partial charge in [0, 0.05) is 34.6 Å². The number of aryl methyl sites for hydroxylation is 1. The summed E-state index contributed by atoms with van der Waals surface area (Å²) >= 11 is 7.09. The Labute approximate surface area is 174 Å². The minimum atomic E-state index is -4.35. The van der Waals surface area contributed by atoms with Gasteiger partial charge in [-0.2, -0.15) is 13.2 Å². The van der Waals surface area contributed by atoms with Crippen LogP contribution in [0.5, 0.6) is 0 Å². The lowest BCUT2D eigenvalue weighted by Gasteiger charge is -2.12.